The number of phenols is 1. The minimum Gasteiger partial charge on any atom is -0.504 e. The Morgan fingerprint density at radius 1 is 1.25 bits per heavy atom. The number of amides is 1. The van der Waals surface area contributed by atoms with E-state index in [1.165, 1.54) is 6.21 Å². The Bertz CT molecular complexity index is 712. The van der Waals surface area contributed by atoms with Gasteiger partial charge in [0.1, 0.15) is 0 Å². The summed E-state index contributed by atoms with van der Waals surface area (Å²) in [6, 6.07) is 12.8. The predicted octanol–water partition coefficient (Wildman–Crippen LogP) is 2.66. The fourth-order valence-electron chi connectivity index (χ4n) is 1.98. The Labute approximate surface area is 141 Å². The van der Waals surface area contributed by atoms with E-state index in [0.717, 1.165) is 11.3 Å². The number of anilines is 1. The molecule has 1 amide bonds. The van der Waals surface area contributed by atoms with E-state index < -0.39 is 0 Å². The van der Waals surface area contributed by atoms with Gasteiger partial charge in [0.25, 0.3) is 5.91 Å². The molecule has 24 heavy (non-hydrogen) atoms. The molecule has 0 aliphatic heterocycles. The Hall–Kier alpha value is -3.02. The average molecular weight is 327 g/mol. The average Bonchev–Trinajstić information content (AvgIpc) is 2.58. The van der Waals surface area contributed by atoms with Crippen molar-refractivity contribution in [1.82, 2.24) is 5.43 Å². The van der Waals surface area contributed by atoms with E-state index in [0.29, 0.717) is 17.9 Å². The SMILES string of the molecule is CCOc1cccc(/C=N\NC(=O)CNc2ccc(C)cc2)c1O. The van der Waals surface area contributed by atoms with Gasteiger partial charge in [0.2, 0.25) is 0 Å². The number of phenolic OH excluding ortho intramolecular Hbond substituents is 1. The van der Waals surface area contributed by atoms with E-state index in [-0.39, 0.29) is 18.2 Å². The van der Waals surface area contributed by atoms with Crippen molar-refractivity contribution in [2.24, 2.45) is 5.10 Å². The largest absolute Gasteiger partial charge is 0.504 e. The van der Waals surface area contributed by atoms with Crippen LogP contribution in [-0.2, 0) is 4.79 Å². The molecule has 0 saturated carbocycles. The van der Waals surface area contributed by atoms with Crippen LogP contribution < -0.4 is 15.5 Å². The molecule has 0 heterocycles. The Balaban J connectivity index is 1.86. The van der Waals surface area contributed by atoms with Gasteiger partial charge in [-0.25, -0.2) is 5.43 Å². The number of benzene rings is 2. The molecule has 0 atom stereocenters. The molecule has 2 aromatic carbocycles. The third-order valence-electron chi connectivity index (χ3n) is 3.23. The highest BCUT2D eigenvalue weighted by atomic mass is 16.5. The fraction of sp³-hybridized carbons (Fsp3) is 0.222. The maximum atomic E-state index is 11.8. The summed E-state index contributed by atoms with van der Waals surface area (Å²) in [4.78, 5) is 11.8. The summed E-state index contributed by atoms with van der Waals surface area (Å²) in [5, 5.41) is 16.9. The van der Waals surface area contributed by atoms with Gasteiger partial charge in [-0.15, -0.1) is 0 Å². The molecule has 0 aromatic heterocycles. The van der Waals surface area contributed by atoms with E-state index >= 15 is 0 Å². The molecular formula is C18H21N3O3. The molecule has 6 nitrogen and oxygen atoms in total. The zero-order chi connectivity index (χ0) is 17.4. The van der Waals surface area contributed by atoms with Crippen molar-refractivity contribution in [3.8, 4) is 11.5 Å². The van der Waals surface area contributed by atoms with Crippen molar-refractivity contribution in [1.29, 1.82) is 0 Å². The lowest BCUT2D eigenvalue weighted by Gasteiger charge is -2.07. The first kappa shape index (κ1) is 17.3. The lowest BCUT2D eigenvalue weighted by molar-refractivity contribution is -0.119. The van der Waals surface area contributed by atoms with Crippen molar-refractivity contribution < 1.29 is 14.6 Å². The number of carbonyl (C=O) groups is 1. The van der Waals surface area contributed by atoms with E-state index in [4.69, 9.17) is 4.74 Å². The van der Waals surface area contributed by atoms with Gasteiger partial charge in [0.15, 0.2) is 11.5 Å². The topological polar surface area (TPSA) is 83.0 Å². The summed E-state index contributed by atoms with van der Waals surface area (Å²) in [6.07, 6.45) is 1.38. The molecule has 0 aliphatic rings. The van der Waals surface area contributed by atoms with Crippen LogP contribution >= 0.6 is 0 Å². The molecule has 6 heteroatoms. The van der Waals surface area contributed by atoms with E-state index in [2.05, 4.69) is 15.8 Å². The van der Waals surface area contributed by atoms with Crippen LogP contribution in [0.4, 0.5) is 5.69 Å². The van der Waals surface area contributed by atoms with E-state index in [1.807, 2.05) is 38.1 Å². The van der Waals surface area contributed by atoms with Gasteiger partial charge in [0, 0.05) is 11.3 Å². The normalized spacial score (nSPS) is 10.6. The molecule has 0 bridgehead atoms. The molecule has 2 rings (SSSR count). The van der Waals surface area contributed by atoms with Crippen LogP contribution in [0.2, 0.25) is 0 Å². The predicted molar refractivity (Wildman–Crippen MR) is 94.7 cm³/mol. The number of carbonyl (C=O) groups excluding carboxylic acids is 1. The maximum absolute atomic E-state index is 11.8. The van der Waals surface area contributed by atoms with Gasteiger partial charge in [-0.1, -0.05) is 23.8 Å². The second-order valence-corrected chi connectivity index (χ2v) is 5.14. The highest BCUT2D eigenvalue weighted by Crippen LogP contribution is 2.28. The molecule has 3 N–H and O–H groups in total. The van der Waals surface area contributed by atoms with Crippen LogP contribution in [0.25, 0.3) is 0 Å². The molecule has 0 unspecified atom stereocenters. The molecule has 0 aliphatic carbocycles. The number of hydrogen-bond acceptors (Lipinski definition) is 5. The number of nitrogens with zero attached hydrogens (tertiary/aromatic N) is 1. The molecule has 0 spiro atoms. The molecule has 2 aromatic rings. The summed E-state index contributed by atoms with van der Waals surface area (Å²) in [7, 11) is 0. The number of aromatic hydroxyl groups is 1. The van der Waals surface area contributed by atoms with E-state index in [1.54, 1.807) is 18.2 Å². The molecular weight excluding hydrogens is 306 g/mol. The number of rotatable bonds is 7. The smallest absolute Gasteiger partial charge is 0.259 e. The Morgan fingerprint density at radius 2 is 2.00 bits per heavy atom. The van der Waals surface area contributed by atoms with Gasteiger partial charge < -0.3 is 15.2 Å². The van der Waals surface area contributed by atoms with Crippen LogP contribution in [-0.4, -0.2) is 30.4 Å². The third kappa shape index (κ3) is 5.01. The lowest BCUT2D eigenvalue weighted by atomic mass is 10.2. The van der Waals surface area contributed by atoms with Crippen molar-refractivity contribution in [2.75, 3.05) is 18.5 Å². The molecule has 0 saturated heterocycles. The molecule has 0 radical (unpaired) electrons. The lowest BCUT2D eigenvalue weighted by Crippen LogP contribution is -2.25. The first-order valence-electron chi connectivity index (χ1n) is 7.67. The second-order valence-electron chi connectivity index (χ2n) is 5.14. The monoisotopic (exact) mass is 327 g/mol. The summed E-state index contributed by atoms with van der Waals surface area (Å²) in [5.41, 5.74) is 4.89. The Kier molecular flexibility index (Phi) is 6.19. The summed E-state index contributed by atoms with van der Waals surface area (Å²) in [6.45, 7) is 4.39. The van der Waals surface area contributed by atoms with Gasteiger partial charge in [0.05, 0.1) is 19.4 Å². The summed E-state index contributed by atoms with van der Waals surface area (Å²) < 4.78 is 5.29. The van der Waals surface area contributed by atoms with Gasteiger partial charge >= 0.3 is 0 Å². The number of para-hydroxylation sites is 1. The summed E-state index contributed by atoms with van der Waals surface area (Å²) in [5.74, 6) is 0.0937. The van der Waals surface area contributed by atoms with Crippen LogP contribution in [0.1, 0.15) is 18.1 Å². The quantitative estimate of drug-likeness (QED) is 0.539. The van der Waals surface area contributed by atoms with Crippen molar-refractivity contribution >= 4 is 17.8 Å². The van der Waals surface area contributed by atoms with Gasteiger partial charge in [-0.2, -0.15) is 5.10 Å². The second kappa shape index (κ2) is 8.57. The van der Waals surface area contributed by atoms with Crippen LogP contribution in [0.3, 0.4) is 0 Å². The van der Waals surface area contributed by atoms with Crippen LogP contribution in [0, 0.1) is 6.92 Å². The summed E-state index contributed by atoms with van der Waals surface area (Å²) >= 11 is 0. The molecule has 0 fully saturated rings. The Morgan fingerprint density at radius 3 is 2.71 bits per heavy atom. The van der Waals surface area contributed by atoms with Crippen LogP contribution in [0.5, 0.6) is 11.5 Å². The number of nitrogens with one attached hydrogen (secondary N) is 2. The van der Waals surface area contributed by atoms with E-state index in [9.17, 15) is 9.90 Å². The highest BCUT2D eigenvalue weighted by Gasteiger charge is 2.06. The number of aryl methyl sites for hydroxylation is 1. The minimum atomic E-state index is -0.285. The van der Waals surface area contributed by atoms with Crippen molar-refractivity contribution in [2.45, 2.75) is 13.8 Å². The van der Waals surface area contributed by atoms with Crippen molar-refractivity contribution in [3.05, 3.63) is 53.6 Å². The maximum Gasteiger partial charge on any atom is 0.259 e. The fourth-order valence-corrected chi connectivity index (χ4v) is 1.98. The number of hydrogen-bond donors (Lipinski definition) is 3. The zero-order valence-electron chi connectivity index (χ0n) is 13.7. The van der Waals surface area contributed by atoms with Crippen molar-refractivity contribution in [3.63, 3.8) is 0 Å². The molecule has 126 valence electrons. The first-order chi connectivity index (χ1) is 11.6. The third-order valence-corrected chi connectivity index (χ3v) is 3.23. The standard InChI is InChI=1S/C18H21N3O3/c1-3-24-16-6-4-5-14(18(16)23)11-20-21-17(22)12-19-15-9-7-13(2)8-10-15/h4-11,19,23H,3,12H2,1-2H3,(H,21,22)/b20-11-. The first-order valence-corrected chi connectivity index (χ1v) is 7.67. The number of ether oxygens (including phenoxy) is 1. The van der Waals surface area contributed by atoms with Gasteiger partial charge in [-0.3, -0.25) is 4.79 Å². The highest BCUT2D eigenvalue weighted by molar-refractivity contribution is 5.87. The van der Waals surface area contributed by atoms with Gasteiger partial charge in [-0.05, 0) is 38.1 Å². The van der Waals surface area contributed by atoms with Crippen LogP contribution in [0.15, 0.2) is 47.6 Å². The minimum absolute atomic E-state index is 0.00451. The zero-order valence-corrected chi connectivity index (χ0v) is 13.7. The number of hydrazone groups is 1.